The molecule has 0 saturated heterocycles. The Labute approximate surface area is 241 Å². The number of ether oxygens (including phenoxy) is 1. The number of rotatable bonds is 7. The molecule has 0 unspecified atom stereocenters. The summed E-state index contributed by atoms with van der Waals surface area (Å²) in [6.07, 6.45) is -4.67. The van der Waals surface area contributed by atoms with Crippen LogP contribution in [0.1, 0.15) is 42.3 Å². The minimum Gasteiger partial charge on any atom is -0.455 e. The molecule has 216 valence electrons. The summed E-state index contributed by atoms with van der Waals surface area (Å²) in [5, 5.41) is 11.6. The number of hydrogen-bond acceptors (Lipinski definition) is 5. The summed E-state index contributed by atoms with van der Waals surface area (Å²) < 4.78 is 74.8. The second-order valence-electron chi connectivity index (χ2n) is 10.3. The minimum atomic E-state index is -4.67. The average molecular weight is 594 g/mol. The highest BCUT2D eigenvalue weighted by Crippen LogP contribution is 2.37. The van der Waals surface area contributed by atoms with Gasteiger partial charge in [0.1, 0.15) is 5.75 Å². The SMILES string of the molecule is CC(C)(C)NS(=O)(=O)c1ccccc1-c1ccc(C(=O)Nc2cc(C(F)(F)F)ccc2Oc2cccc(C#N)c2)cc1. The molecule has 7 nitrogen and oxygen atoms in total. The number of nitriles is 1. The standard InChI is InChI=1S/C31H26F3N3O4S/c1-30(2,3)37-42(39,40)28-10-5-4-9-25(28)21-11-13-22(14-12-21)29(38)36-26-18-23(31(32,33)34)15-16-27(26)41-24-8-6-7-20(17-24)19-35/h4-18,37H,1-3H3,(H,36,38). The summed E-state index contributed by atoms with van der Waals surface area (Å²) in [6, 6.07) is 23.1. The highest BCUT2D eigenvalue weighted by atomic mass is 32.2. The van der Waals surface area contributed by atoms with Gasteiger partial charge in [-0.25, -0.2) is 13.1 Å². The molecular weight excluding hydrogens is 567 g/mol. The summed E-state index contributed by atoms with van der Waals surface area (Å²) in [6.45, 7) is 5.18. The van der Waals surface area contributed by atoms with Crippen LogP contribution in [0, 0.1) is 11.3 Å². The van der Waals surface area contributed by atoms with Gasteiger partial charge in [-0.3, -0.25) is 4.79 Å². The average Bonchev–Trinajstić information content (AvgIpc) is 2.92. The molecule has 42 heavy (non-hydrogen) atoms. The van der Waals surface area contributed by atoms with Gasteiger partial charge in [0.15, 0.2) is 5.75 Å². The van der Waals surface area contributed by atoms with Gasteiger partial charge in [0, 0.05) is 16.7 Å². The lowest BCUT2D eigenvalue weighted by Crippen LogP contribution is -2.40. The highest BCUT2D eigenvalue weighted by Gasteiger charge is 2.31. The maximum atomic E-state index is 13.5. The summed E-state index contributed by atoms with van der Waals surface area (Å²) in [5.41, 5.74) is -0.608. The zero-order valence-corrected chi connectivity index (χ0v) is 23.6. The quantitative estimate of drug-likeness (QED) is 0.233. The van der Waals surface area contributed by atoms with Crippen molar-refractivity contribution in [1.29, 1.82) is 5.26 Å². The molecule has 0 spiro atoms. The Morgan fingerprint density at radius 1 is 0.881 bits per heavy atom. The molecule has 0 bridgehead atoms. The third kappa shape index (κ3) is 7.34. The largest absolute Gasteiger partial charge is 0.455 e. The lowest BCUT2D eigenvalue weighted by Gasteiger charge is -2.21. The lowest BCUT2D eigenvalue weighted by molar-refractivity contribution is -0.137. The fraction of sp³-hybridized carbons (Fsp3) is 0.161. The summed E-state index contributed by atoms with van der Waals surface area (Å²) in [7, 11) is -3.87. The van der Waals surface area contributed by atoms with Crippen LogP contribution in [0.5, 0.6) is 11.5 Å². The van der Waals surface area contributed by atoms with Crippen LogP contribution < -0.4 is 14.8 Å². The van der Waals surface area contributed by atoms with Crippen LogP contribution in [0.4, 0.5) is 18.9 Å². The number of benzene rings is 4. The number of carbonyl (C=O) groups excluding carboxylic acids is 1. The third-order valence-electron chi connectivity index (χ3n) is 5.82. The molecule has 4 aromatic rings. The Morgan fingerprint density at radius 2 is 1.57 bits per heavy atom. The van der Waals surface area contributed by atoms with Crippen LogP contribution in [0.2, 0.25) is 0 Å². The first kappa shape index (κ1) is 30.3. The molecule has 0 fully saturated rings. The van der Waals surface area contributed by atoms with Crippen LogP contribution >= 0.6 is 0 Å². The highest BCUT2D eigenvalue weighted by molar-refractivity contribution is 7.89. The Bertz CT molecular complexity index is 1770. The second kappa shape index (κ2) is 11.7. The van der Waals surface area contributed by atoms with Crippen molar-refractivity contribution in [1.82, 2.24) is 4.72 Å². The third-order valence-corrected chi connectivity index (χ3v) is 7.64. The first-order chi connectivity index (χ1) is 19.7. The fourth-order valence-electron chi connectivity index (χ4n) is 4.04. The van der Waals surface area contributed by atoms with E-state index in [4.69, 9.17) is 10.00 Å². The normalized spacial score (nSPS) is 11.9. The molecule has 4 aromatic carbocycles. The minimum absolute atomic E-state index is 0.0587. The topological polar surface area (TPSA) is 108 Å². The molecule has 0 radical (unpaired) electrons. The van der Waals surface area contributed by atoms with Gasteiger partial charge in [-0.05, 0) is 80.9 Å². The lowest BCUT2D eigenvalue weighted by atomic mass is 10.0. The number of halogens is 3. The molecule has 0 atom stereocenters. The predicted octanol–water partition coefficient (Wildman–Crippen LogP) is 7.37. The van der Waals surface area contributed by atoms with E-state index in [2.05, 4.69) is 10.0 Å². The second-order valence-corrected chi connectivity index (χ2v) is 12.0. The molecule has 0 saturated carbocycles. The van der Waals surface area contributed by atoms with Crippen molar-refractivity contribution in [2.24, 2.45) is 0 Å². The van der Waals surface area contributed by atoms with Gasteiger partial charge in [0.05, 0.1) is 27.8 Å². The van der Waals surface area contributed by atoms with Gasteiger partial charge in [-0.2, -0.15) is 18.4 Å². The van der Waals surface area contributed by atoms with Crippen molar-refractivity contribution in [3.05, 3.63) is 108 Å². The number of amides is 1. The predicted molar refractivity (Wildman–Crippen MR) is 153 cm³/mol. The Morgan fingerprint density at radius 3 is 2.21 bits per heavy atom. The van der Waals surface area contributed by atoms with Gasteiger partial charge in [-0.15, -0.1) is 0 Å². The summed E-state index contributed by atoms with van der Waals surface area (Å²) in [4.78, 5) is 13.2. The molecule has 0 aliphatic heterocycles. The summed E-state index contributed by atoms with van der Waals surface area (Å²) in [5.74, 6) is -0.580. The maximum absolute atomic E-state index is 13.5. The van der Waals surface area contributed by atoms with Gasteiger partial charge in [0.2, 0.25) is 10.0 Å². The van der Waals surface area contributed by atoms with Gasteiger partial charge >= 0.3 is 6.18 Å². The van der Waals surface area contributed by atoms with Crippen molar-refractivity contribution in [2.75, 3.05) is 5.32 Å². The first-order valence-electron chi connectivity index (χ1n) is 12.6. The van der Waals surface area contributed by atoms with Crippen molar-refractivity contribution >= 4 is 21.6 Å². The number of alkyl halides is 3. The molecule has 0 aromatic heterocycles. The number of hydrogen-bond donors (Lipinski definition) is 2. The monoisotopic (exact) mass is 593 g/mol. The van der Waals surface area contributed by atoms with Crippen molar-refractivity contribution < 1.29 is 31.1 Å². The molecule has 4 rings (SSSR count). The van der Waals surface area contributed by atoms with E-state index in [-0.39, 0.29) is 33.2 Å². The van der Waals surface area contributed by atoms with E-state index in [9.17, 15) is 26.4 Å². The smallest absolute Gasteiger partial charge is 0.416 e. The summed E-state index contributed by atoms with van der Waals surface area (Å²) >= 11 is 0. The van der Waals surface area contributed by atoms with Crippen LogP contribution in [0.25, 0.3) is 11.1 Å². The van der Waals surface area contributed by atoms with E-state index in [0.29, 0.717) is 11.1 Å². The van der Waals surface area contributed by atoms with Crippen LogP contribution in [0.3, 0.4) is 0 Å². The van der Waals surface area contributed by atoms with Crippen LogP contribution in [-0.4, -0.2) is 19.9 Å². The number of anilines is 1. The van der Waals surface area contributed by atoms with E-state index in [1.807, 2.05) is 6.07 Å². The fourth-order valence-corrected chi connectivity index (χ4v) is 5.69. The number of sulfonamides is 1. The Hall–Kier alpha value is -4.66. The zero-order valence-electron chi connectivity index (χ0n) is 22.8. The van der Waals surface area contributed by atoms with Gasteiger partial charge in [0.25, 0.3) is 5.91 Å². The van der Waals surface area contributed by atoms with Gasteiger partial charge < -0.3 is 10.1 Å². The van der Waals surface area contributed by atoms with E-state index >= 15 is 0 Å². The number of carbonyl (C=O) groups is 1. The molecule has 0 aliphatic carbocycles. The molecule has 2 N–H and O–H groups in total. The van der Waals surface area contributed by atoms with Crippen molar-refractivity contribution in [3.63, 3.8) is 0 Å². The molecular formula is C31H26F3N3O4S. The van der Waals surface area contributed by atoms with Gasteiger partial charge in [-0.1, -0.05) is 36.4 Å². The first-order valence-corrected chi connectivity index (χ1v) is 14.1. The molecule has 11 heteroatoms. The Balaban J connectivity index is 1.63. The molecule has 0 heterocycles. The van der Waals surface area contributed by atoms with Crippen LogP contribution in [0.15, 0.2) is 95.9 Å². The van der Waals surface area contributed by atoms with Crippen molar-refractivity contribution in [3.8, 4) is 28.7 Å². The van der Waals surface area contributed by atoms with E-state index in [0.717, 1.165) is 18.2 Å². The van der Waals surface area contributed by atoms with E-state index in [1.54, 1.807) is 63.2 Å². The van der Waals surface area contributed by atoms with E-state index in [1.165, 1.54) is 30.3 Å². The number of nitrogens with zero attached hydrogens (tertiary/aromatic N) is 1. The molecule has 0 aliphatic rings. The Kier molecular flexibility index (Phi) is 8.43. The van der Waals surface area contributed by atoms with Crippen LogP contribution in [-0.2, 0) is 16.2 Å². The van der Waals surface area contributed by atoms with Crippen molar-refractivity contribution in [2.45, 2.75) is 37.4 Å². The molecule has 1 amide bonds. The maximum Gasteiger partial charge on any atom is 0.416 e. The van der Waals surface area contributed by atoms with E-state index < -0.39 is 33.2 Å². The number of nitrogens with one attached hydrogen (secondary N) is 2. The zero-order chi connectivity index (χ0) is 30.7.